The van der Waals surface area contributed by atoms with Crippen LogP contribution in [0, 0.1) is 6.92 Å². The van der Waals surface area contributed by atoms with Gasteiger partial charge in [-0.15, -0.1) is 16.4 Å². The molecule has 0 aliphatic heterocycles. The first-order valence-electron chi connectivity index (χ1n) is 6.06. The third-order valence-electron chi connectivity index (χ3n) is 2.89. The van der Waals surface area contributed by atoms with Gasteiger partial charge in [-0.1, -0.05) is 5.21 Å². The molecule has 0 spiro atoms. The first-order valence-corrected chi connectivity index (χ1v) is 6.94. The lowest BCUT2D eigenvalue weighted by Crippen LogP contribution is -2.12. The van der Waals surface area contributed by atoms with Crippen molar-refractivity contribution in [3.8, 4) is 0 Å². The van der Waals surface area contributed by atoms with Gasteiger partial charge in [0.1, 0.15) is 0 Å². The van der Waals surface area contributed by atoms with E-state index in [2.05, 4.69) is 20.0 Å². The molecule has 0 fully saturated rings. The molecule has 0 aromatic carbocycles. The van der Waals surface area contributed by atoms with E-state index in [1.165, 1.54) is 12.0 Å². The lowest BCUT2D eigenvalue weighted by atomic mass is 10.3. The second-order valence-electron chi connectivity index (χ2n) is 4.14. The zero-order chi connectivity index (χ0) is 14.5. The molecular formula is C12H16N4O3S. The van der Waals surface area contributed by atoms with E-state index in [4.69, 9.17) is 4.74 Å². The molecule has 0 unspecified atom stereocenters. The summed E-state index contributed by atoms with van der Waals surface area (Å²) >= 11 is 1.61. The van der Waals surface area contributed by atoms with Gasteiger partial charge in [0.25, 0.3) is 0 Å². The predicted octanol–water partition coefficient (Wildman–Crippen LogP) is 1.22. The molecule has 20 heavy (non-hydrogen) atoms. The number of hydrogen-bond acceptors (Lipinski definition) is 7. The molecule has 2 aromatic rings. The Kier molecular flexibility index (Phi) is 4.80. The number of carbonyl (C=O) groups is 1. The molecule has 8 heteroatoms. The van der Waals surface area contributed by atoms with Crippen LogP contribution in [-0.4, -0.2) is 40.2 Å². The van der Waals surface area contributed by atoms with Gasteiger partial charge in [0, 0.05) is 25.0 Å². The molecule has 7 nitrogen and oxygen atoms in total. The molecule has 0 aliphatic carbocycles. The van der Waals surface area contributed by atoms with Crippen molar-refractivity contribution in [2.45, 2.75) is 26.5 Å². The van der Waals surface area contributed by atoms with Crippen LogP contribution in [0.15, 0.2) is 5.51 Å². The summed E-state index contributed by atoms with van der Waals surface area (Å²) in [5.41, 5.74) is 3.68. The monoisotopic (exact) mass is 296 g/mol. The van der Waals surface area contributed by atoms with Gasteiger partial charge in [0.05, 0.1) is 30.6 Å². The molecule has 0 amide bonds. The van der Waals surface area contributed by atoms with Crippen molar-refractivity contribution >= 4 is 17.3 Å². The van der Waals surface area contributed by atoms with Gasteiger partial charge in [0.15, 0.2) is 5.69 Å². The Morgan fingerprint density at radius 2 is 2.25 bits per heavy atom. The van der Waals surface area contributed by atoms with E-state index in [1.54, 1.807) is 23.1 Å². The minimum absolute atomic E-state index is 0.204. The average Bonchev–Trinajstić information content (AvgIpc) is 3.03. The first kappa shape index (κ1) is 14.6. The van der Waals surface area contributed by atoms with Crippen LogP contribution >= 0.6 is 11.3 Å². The minimum Gasteiger partial charge on any atom is -0.464 e. The lowest BCUT2D eigenvalue weighted by molar-refractivity contribution is 0.0588. The summed E-state index contributed by atoms with van der Waals surface area (Å²) in [6.07, 6.45) is 0.789. The Balaban J connectivity index is 2.17. The smallest absolute Gasteiger partial charge is 0.360 e. The molecular weight excluding hydrogens is 280 g/mol. The third kappa shape index (κ3) is 3.02. The van der Waals surface area contributed by atoms with Crippen LogP contribution in [0.3, 0.4) is 0 Å². The fraction of sp³-hybridized carbons (Fsp3) is 0.500. The van der Waals surface area contributed by atoms with Gasteiger partial charge in [0.2, 0.25) is 0 Å². The molecule has 0 N–H and O–H groups in total. The van der Waals surface area contributed by atoms with Gasteiger partial charge in [-0.3, -0.25) is 0 Å². The second kappa shape index (κ2) is 6.58. The van der Waals surface area contributed by atoms with Gasteiger partial charge in [-0.2, -0.15) is 0 Å². The van der Waals surface area contributed by atoms with Crippen molar-refractivity contribution < 1.29 is 14.3 Å². The summed E-state index contributed by atoms with van der Waals surface area (Å²) in [6, 6.07) is 0. The molecule has 0 aliphatic rings. The maximum Gasteiger partial charge on any atom is 0.360 e. The SMILES string of the molecule is COCc1c(C(=O)OC)nnn1CCc1scnc1C. The topological polar surface area (TPSA) is 79.1 Å². The summed E-state index contributed by atoms with van der Waals surface area (Å²) in [4.78, 5) is 17.0. The summed E-state index contributed by atoms with van der Waals surface area (Å²) in [6.45, 7) is 2.86. The van der Waals surface area contributed by atoms with Gasteiger partial charge < -0.3 is 9.47 Å². The number of methoxy groups -OCH3 is 2. The predicted molar refractivity (Wildman–Crippen MR) is 72.6 cm³/mol. The molecule has 0 saturated heterocycles. The van der Waals surface area contributed by atoms with Crippen LogP contribution in [0.5, 0.6) is 0 Å². The van der Waals surface area contributed by atoms with Crippen molar-refractivity contribution in [3.63, 3.8) is 0 Å². The Hall–Kier alpha value is -1.80. The quantitative estimate of drug-likeness (QED) is 0.746. The number of nitrogens with zero attached hydrogens (tertiary/aromatic N) is 4. The second-order valence-corrected chi connectivity index (χ2v) is 5.08. The van der Waals surface area contributed by atoms with Crippen molar-refractivity contribution in [1.29, 1.82) is 0 Å². The van der Waals surface area contributed by atoms with Crippen molar-refractivity contribution in [3.05, 3.63) is 27.5 Å². The highest BCUT2D eigenvalue weighted by molar-refractivity contribution is 7.09. The van der Waals surface area contributed by atoms with E-state index in [-0.39, 0.29) is 12.3 Å². The Bertz CT molecular complexity index is 593. The van der Waals surface area contributed by atoms with Crippen molar-refractivity contribution in [1.82, 2.24) is 20.0 Å². The van der Waals surface area contributed by atoms with E-state index < -0.39 is 5.97 Å². The van der Waals surface area contributed by atoms with E-state index in [0.29, 0.717) is 12.2 Å². The maximum absolute atomic E-state index is 11.6. The number of thiazole rings is 1. The maximum atomic E-state index is 11.6. The first-order chi connectivity index (χ1) is 9.67. The standard InChI is InChI=1S/C12H16N4O3S/c1-8-10(20-7-13-8)4-5-16-9(6-18-2)11(14-15-16)12(17)19-3/h7H,4-6H2,1-3H3. The van der Waals surface area contributed by atoms with Crippen molar-refractivity contribution in [2.24, 2.45) is 0 Å². The van der Waals surface area contributed by atoms with E-state index in [9.17, 15) is 4.79 Å². The summed E-state index contributed by atoms with van der Waals surface area (Å²) in [5.74, 6) is -0.503. The molecule has 0 saturated carbocycles. The number of rotatable bonds is 6. The number of esters is 1. The fourth-order valence-electron chi connectivity index (χ4n) is 1.82. The fourth-order valence-corrected chi connectivity index (χ4v) is 2.59. The largest absolute Gasteiger partial charge is 0.464 e. The molecule has 0 atom stereocenters. The minimum atomic E-state index is -0.503. The molecule has 2 heterocycles. The number of ether oxygens (including phenoxy) is 2. The Morgan fingerprint density at radius 1 is 1.45 bits per heavy atom. The van der Waals surface area contributed by atoms with E-state index in [1.807, 2.05) is 12.4 Å². The van der Waals surface area contributed by atoms with Crippen LogP contribution in [-0.2, 0) is 29.0 Å². The van der Waals surface area contributed by atoms with Crippen molar-refractivity contribution in [2.75, 3.05) is 14.2 Å². The summed E-state index contributed by atoms with van der Waals surface area (Å²) in [5, 5.41) is 7.88. The Labute approximate surface area is 120 Å². The van der Waals surface area contributed by atoms with Gasteiger partial charge >= 0.3 is 5.97 Å². The number of carbonyl (C=O) groups excluding carboxylic acids is 1. The highest BCUT2D eigenvalue weighted by Gasteiger charge is 2.20. The van der Waals surface area contributed by atoms with E-state index >= 15 is 0 Å². The molecule has 0 radical (unpaired) electrons. The molecule has 0 bridgehead atoms. The molecule has 2 aromatic heterocycles. The summed E-state index contributed by atoms with van der Waals surface area (Å²) < 4.78 is 11.5. The van der Waals surface area contributed by atoms with Gasteiger partial charge in [-0.25, -0.2) is 14.5 Å². The highest BCUT2D eigenvalue weighted by atomic mass is 32.1. The van der Waals surface area contributed by atoms with Crippen LogP contribution in [0.1, 0.15) is 26.8 Å². The van der Waals surface area contributed by atoms with Gasteiger partial charge in [-0.05, 0) is 6.92 Å². The van der Waals surface area contributed by atoms with Crippen LogP contribution in [0.25, 0.3) is 0 Å². The Morgan fingerprint density at radius 3 is 2.85 bits per heavy atom. The average molecular weight is 296 g/mol. The highest BCUT2D eigenvalue weighted by Crippen LogP contribution is 2.15. The number of hydrogen-bond donors (Lipinski definition) is 0. The van der Waals surface area contributed by atoms with Crippen LogP contribution in [0.4, 0.5) is 0 Å². The molecule has 2 rings (SSSR count). The normalized spacial score (nSPS) is 10.8. The zero-order valence-electron chi connectivity index (χ0n) is 11.6. The lowest BCUT2D eigenvalue weighted by Gasteiger charge is -2.06. The molecule has 108 valence electrons. The van der Waals surface area contributed by atoms with E-state index in [0.717, 1.165) is 12.1 Å². The number of aryl methyl sites for hydroxylation is 3. The van der Waals surface area contributed by atoms with Crippen LogP contribution < -0.4 is 0 Å². The zero-order valence-corrected chi connectivity index (χ0v) is 12.4. The van der Waals surface area contributed by atoms with Crippen LogP contribution in [0.2, 0.25) is 0 Å². The summed E-state index contributed by atoms with van der Waals surface area (Å²) in [7, 11) is 2.88. The third-order valence-corrected chi connectivity index (χ3v) is 3.89. The number of aromatic nitrogens is 4.